The molecule has 0 bridgehead atoms. The van der Waals surface area contributed by atoms with Crippen LogP contribution < -0.4 is 5.43 Å². The van der Waals surface area contributed by atoms with Gasteiger partial charge in [-0.25, -0.2) is 9.59 Å². The minimum atomic E-state index is -1.30. The molecule has 0 aliphatic carbocycles. The third-order valence-corrected chi connectivity index (χ3v) is 2.17. The van der Waals surface area contributed by atoms with Crippen molar-refractivity contribution < 1.29 is 19.4 Å². The van der Waals surface area contributed by atoms with E-state index < -0.39 is 17.7 Å². The summed E-state index contributed by atoms with van der Waals surface area (Å²) in [4.78, 5) is 22.4. The first kappa shape index (κ1) is 14.7. The summed E-state index contributed by atoms with van der Waals surface area (Å²) in [6, 6.07) is 6.74. The summed E-state index contributed by atoms with van der Waals surface area (Å²) in [5.74, 6) is -1.98. The van der Waals surface area contributed by atoms with Crippen LogP contribution in [0.1, 0.15) is 20.7 Å². The number of aromatic carboxylic acids is 1. The van der Waals surface area contributed by atoms with E-state index in [-0.39, 0.29) is 16.8 Å². The van der Waals surface area contributed by atoms with Gasteiger partial charge >= 0.3 is 11.9 Å². The predicted octanol–water partition coefficient (Wildman–Crippen LogP) is 0.986. The van der Waals surface area contributed by atoms with E-state index in [0.717, 1.165) is 6.07 Å². The predicted molar refractivity (Wildman–Crippen MR) is 67.0 cm³/mol. The minimum absolute atomic E-state index is 0.0353. The number of carbonyl (C=O) groups excluding carboxylic acids is 1. The Morgan fingerprint density at radius 3 is 2.50 bits per heavy atom. The zero-order valence-electron chi connectivity index (χ0n) is 10.2. The lowest BCUT2D eigenvalue weighted by atomic mass is 10.1. The summed E-state index contributed by atoms with van der Waals surface area (Å²) in [5, 5.41) is 29.5. The topological polar surface area (TPSA) is 136 Å². The second-order valence-electron chi connectivity index (χ2n) is 3.35. The fourth-order valence-electron chi connectivity index (χ4n) is 1.25. The first-order chi connectivity index (χ1) is 9.53. The molecule has 0 amide bonds. The van der Waals surface area contributed by atoms with Gasteiger partial charge in [-0.2, -0.15) is 15.6 Å². The number of methoxy groups -OCH3 is 1. The molecule has 0 heterocycles. The summed E-state index contributed by atoms with van der Waals surface area (Å²) in [6.45, 7) is 0. The Bertz CT molecular complexity index is 651. The van der Waals surface area contributed by atoms with Gasteiger partial charge in [0, 0.05) is 0 Å². The van der Waals surface area contributed by atoms with Gasteiger partial charge < -0.3 is 9.84 Å². The maximum atomic E-state index is 11.3. The number of carbonyl (C=O) groups is 2. The molecule has 2 N–H and O–H groups in total. The molecule has 0 radical (unpaired) electrons. The van der Waals surface area contributed by atoms with Gasteiger partial charge in [0.25, 0.3) is 0 Å². The molecule has 8 nitrogen and oxygen atoms in total. The first-order valence-corrected chi connectivity index (χ1v) is 5.13. The van der Waals surface area contributed by atoms with E-state index in [2.05, 4.69) is 15.3 Å². The van der Waals surface area contributed by atoms with Gasteiger partial charge in [-0.3, -0.25) is 5.43 Å². The van der Waals surface area contributed by atoms with Gasteiger partial charge in [-0.15, -0.1) is 0 Å². The highest BCUT2D eigenvalue weighted by Crippen LogP contribution is 2.18. The van der Waals surface area contributed by atoms with Crippen molar-refractivity contribution in [3.05, 3.63) is 29.3 Å². The summed E-state index contributed by atoms with van der Waals surface area (Å²) in [7, 11) is 1.17. The standard InChI is InChI=1S/C12H8N4O4/c1-20-12(19)7-2-3-10(9(4-7)11(17)18)16-15-8(5-13)6-14/h2-4,16H,1H3,(H,17,18). The molecule has 0 saturated heterocycles. The molecule has 0 spiro atoms. The van der Waals surface area contributed by atoms with Crippen molar-refractivity contribution in [3.63, 3.8) is 0 Å². The highest BCUT2D eigenvalue weighted by Gasteiger charge is 2.14. The number of nitrogens with zero attached hydrogens (tertiary/aromatic N) is 3. The average Bonchev–Trinajstić information content (AvgIpc) is 2.47. The number of esters is 1. The number of benzene rings is 1. The second kappa shape index (κ2) is 6.52. The Balaban J connectivity index is 3.19. The van der Waals surface area contributed by atoms with E-state index >= 15 is 0 Å². The summed E-state index contributed by atoms with van der Waals surface area (Å²) in [6.07, 6.45) is 0. The van der Waals surface area contributed by atoms with E-state index in [1.54, 1.807) is 0 Å². The smallest absolute Gasteiger partial charge is 0.337 e. The van der Waals surface area contributed by atoms with Gasteiger partial charge in [-0.05, 0) is 18.2 Å². The van der Waals surface area contributed by atoms with Crippen LogP contribution in [-0.2, 0) is 4.74 Å². The number of hydrogen-bond acceptors (Lipinski definition) is 7. The molecule has 1 aromatic carbocycles. The molecule has 0 atom stereocenters. The third-order valence-electron chi connectivity index (χ3n) is 2.17. The van der Waals surface area contributed by atoms with Crippen molar-refractivity contribution in [2.75, 3.05) is 12.5 Å². The fourth-order valence-corrected chi connectivity index (χ4v) is 1.25. The van der Waals surface area contributed by atoms with E-state index in [1.807, 2.05) is 0 Å². The quantitative estimate of drug-likeness (QED) is 0.473. The van der Waals surface area contributed by atoms with Gasteiger partial charge in [0.15, 0.2) is 0 Å². The van der Waals surface area contributed by atoms with Crippen LogP contribution in [0.2, 0.25) is 0 Å². The Labute approximate surface area is 113 Å². The van der Waals surface area contributed by atoms with Crippen molar-refractivity contribution in [1.82, 2.24) is 0 Å². The first-order valence-electron chi connectivity index (χ1n) is 5.13. The lowest BCUT2D eigenvalue weighted by molar-refractivity contribution is 0.0601. The van der Waals surface area contributed by atoms with Crippen molar-refractivity contribution >= 4 is 23.3 Å². The van der Waals surface area contributed by atoms with Crippen LogP contribution in [0.4, 0.5) is 5.69 Å². The number of nitriles is 2. The number of carboxylic acid groups (broad SMARTS) is 1. The fraction of sp³-hybridized carbons (Fsp3) is 0.0833. The zero-order valence-corrected chi connectivity index (χ0v) is 10.2. The molecular weight excluding hydrogens is 264 g/mol. The molecule has 0 saturated carbocycles. The number of carboxylic acids is 1. The lowest BCUT2D eigenvalue weighted by Crippen LogP contribution is -2.08. The van der Waals surface area contributed by atoms with Crippen LogP contribution in [0.5, 0.6) is 0 Å². The molecule has 8 heteroatoms. The monoisotopic (exact) mass is 272 g/mol. The molecular formula is C12H8N4O4. The Kier molecular flexibility index (Phi) is 4.78. The molecule has 1 rings (SSSR count). The van der Waals surface area contributed by atoms with Crippen LogP contribution in [0.15, 0.2) is 23.3 Å². The minimum Gasteiger partial charge on any atom is -0.478 e. The van der Waals surface area contributed by atoms with Gasteiger partial charge in [-0.1, -0.05) is 0 Å². The molecule has 0 aliphatic rings. The van der Waals surface area contributed by atoms with Crippen molar-refractivity contribution in [2.45, 2.75) is 0 Å². The molecule has 0 fully saturated rings. The van der Waals surface area contributed by atoms with Gasteiger partial charge in [0.1, 0.15) is 12.1 Å². The Morgan fingerprint density at radius 2 is 2.00 bits per heavy atom. The van der Waals surface area contributed by atoms with E-state index in [9.17, 15) is 9.59 Å². The Hall–Kier alpha value is -3.39. The second-order valence-corrected chi connectivity index (χ2v) is 3.35. The molecule has 1 aromatic rings. The highest BCUT2D eigenvalue weighted by molar-refractivity contribution is 6.10. The number of hydrazone groups is 1. The van der Waals surface area contributed by atoms with Gasteiger partial charge in [0.05, 0.1) is 23.9 Å². The number of hydrogen-bond donors (Lipinski definition) is 2. The largest absolute Gasteiger partial charge is 0.478 e. The van der Waals surface area contributed by atoms with Crippen LogP contribution in [0, 0.1) is 22.7 Å². The van der Waals surface area contributed by atoms with E-state index in [1.165, 1.54) is 31.4 Å². The maximum Gasteiger partial charge on any atom is 0.337 e. The lowest BCUT2D eigenvalue weighted by Gasteiger charge is -2.07. The molecule has 0 aliphatic heterocycles. The SMILES string of the molecule is COC(=O)c1ccc(NN=C(C#N)C#N)c(C(=O)O)c1. The molecule has 20 heavy (non-hydrogen) atoms. The average molecular weight is 272 g/mol. The Morgan fingerprint density at radius 1 is 1.35 bits per heavy atom. The molecule has 0 unspecified atom stereocenters. The normalized spacial score (nSPS) is 8.75. The number of nitrogens with one attached hydrogen (secondary N) is 1. The highest BCUT2D eigenvalue weighted by atomic mass is 16.5. The van der Waals surface area contributed by atoms with Crippen molar-refractivity contribution in [2.24, 2.45) is 5.10 Å². The van der Waals surface area contributed by atoms with Crippen LogP contribution in [-0.4, -0.2) is 29.9 Å². The summed E-state index contributed by atoms with van der Waals surface area (Å²) in [5.41, 5.74) is 1.68. The van der Waals surface area contributed by atoms with Crippen LogP contribution in [0.3, 0.4) is 0 Å². The molecule has 100 valence electrons. The van der Waals surface area contributed by atoms with Crippen molar-refractivity contribution in [3.8, 4) is 12.1 Å². The maximum absolute atomic E-state index is 11.3. The summed E-state index contributed by atoms with van der Waals surface area (Å²) >= 11 is 0. The zero-order chi connectivity index (χ0) is 15.1. The number of anilines is 1. The van der Waals surface area contributed by atoms with E-state index in [4.69, 9.17) is 15.6 Å². The third kappa shape index (κ3) is 3.31. The summed E-state index contributed by atoms with van der Waals surface area (Å²) < 4.78 is 4.48. The number of ether oxygens (including phenoxy) is 1. The van der Waals surface area contributed by atoms with E-state index in [0.29, 0.717) is 0 Å². The number of rotatable bonds is 4. The van der Waals surface area contributed by atoms with Crippen molar-refractivity contribution in [1.29, 1.82) is 10.5 Å². The van der Waals surface area contributed by atoms with Crippen LogP contribution in [0.25, 0.3) is 0 Å². The van der Waals surface area contributed by atoms with Gasteiger partial charge in [0.2, 0.25) is 5.71 Å². The molecule has 0 aromatic heterocycles. The van der Waals surface area contributed by atoms with Crippen LogP contribution >= 0.6 is 0 Å².